The third kappa shape index (κ3) is 8.87. The van der Waals surface area contributed by atoms with Crippen LogP contribution in [0.4, 0.5) is 0 Å². The van der Waals surface area contributed by atoms with Gasteiger partial charge >= 0.3 is 0 Å². The molecule has 2 N–H and O–H groups in total. The Hall–Kier alpha value is -0.820. The van der Waals surface area contributed by atoms with Crippen LogP contribution in [-0.2, 0) is 9.84 Å². The van der Waals surface area contributed by atoms with Crippen molar-refractivity contribution in [3.8, 4) is 0 Å². The van der Waals surface area contributed by atoms with Crippen molar-refractivity contribution in [2.45, 2.75) is 65.2 Å². The molecule has 0 radical (unpaired) electrons. The first kappa shape index (κ1) is 23.2. The zero-order valence-corrected chi connectivity index (χ0v) is 17.5. The van der Waals surface area contributed by atoms with Crippen LogP contribution in [0, 0.1) is 0 Å². The molecule has 0 rings (SSSR count). The first-order valence-corrected chi connectivity index (χ1v) is 10.6. The van der Waals surface area contributed by atoms with E-state index in [0.717, 1.165) is 32.5 Å². The van der Waals surface area contributed by atoms with Gasteiger partial charge in [-0.2, -0.15) is 0 Å². The lowest BCUT2D eigenvalue weighted by Crippen LogP contribution is -2.45. The van der Waals surface area contributed by atoms with E-state index in [1.54, 1.807) is 27.8 Å². The summed E-state index contributed by atoms with van der Waals surface area (Å²) in [6.45, 7) is 15.3. The molecule has 0 aromatic carbocycles. The minimum atomic E-state index is -3.11. The Kier molecular flexibility index (Phi) is 10.6. The Balaban J connectivity index is 4.20. The molecule has 0 aliphatic heterocycles. The molecule has 0 aliphatic carbocycles. The van der Waals surface area contributed by atoms with Crippen molar-refractivity contribution in [3.05, 3.63) is 0 Å². The standard InChI is InChI=1S/C17H38N4O2S/c1-8-21(9-2)13-10-11-15(3)20-16(18-7)19-12-14-24(22,23)17(4,5)6/h15H,8-14H2,1-7H3,(H2,18,19,20). The zero-order valence-electron chi connectivity index (χ0n) is 16.6. The Morgan fingerprint density at radius 1 is 1.21 bits per heavy atom. The zero-order chi connectivity index (χ0) is 18.8. The number of nitrogens with one attached hydrogen (secondary N) is 2. The van der Waals surface area contributed by atoms with Crippen molar-refractivity contribution in [3.63, 3.8) is 0 Å². The fraction of sp³-hybridized carbons (Fsp3) is 0.941. The summed E-state index contributed by atoms with van der Waals surface area (Å²) in [5.41, 5.74) is 0. The van der Waals surface area contributed by atoms with Crippen molar-refractivity contribution in [2.75, 3.05) is 39.0 Å². The molecule has 0 saturated heterocycles. The lowest BCUT2D eigenvalue weighted by molar-refractivity contribution is 0.292. The highest BCUT2D eigenvalue weighted by atomic mass is 32.2. The van der Waals surface area contributed by atoms with Gasteiger partial charge in [-0.3, -0.25) is 4.99 Å². The number of hydrogen-bond acceptors (Lipinski definition) is 4. The molecule has 7 heteroatoms. The summed E-state index contributed by atoms with van der Waals surface area (Å²) in [5, 5.41) is 6.43. The van der Waals surface area contributed by atoms with Crippen LogP contribution in [0.1, 0.15) is 54.4 Å². The van der Waals surface area contributed by atoms with Crippen molar-refractivity contribution < 1.29 is 8.42 Å². The largest absolute Gasteiger partial charge is 0.355 e. The molecule has 6 nitrogen and oxygen atoms in total. The van der Waals surface area contributed by atoms with Crippen molar-refractivity contribution in [1.29, 1.82) is 0 Å². The van der Waals surface area contributed by atoms with Crippen molar-refractivity contribution in [2.24, 2.45) is 4.99 Å². The lowest BCUT2D eigenvalue weighted by atomic mass is 10.2. The van der Waals surface area contributed by atoms with Gasteiger partial charge in [0.25, 0.3) is 0 Å². The van der Waals surface area contributed by atoms with Crippen LogP contribution in [0.25, 0.3) is 0 Å². The molecule has 0 bridgehead atoms. The second-order valence-corrected chi connectivity index (χ2v) is 10.0. The van der Waals surface area contributed by atoms with Gasteiger partial charge in [-0.25, -0.2) is 8.42 Å². The fourth-order valence-electron chi connectivity index (χ4n) is 2.27. The van der Waals surface area contributed by atoms with Gasteiger partial charge in [-0.15, -0.1) is 0 Å². The quantitative estimate of drug-likeness (QED) is 0.458. The van der Waals surface area contributed by atoms with Crippen molar-refractivity contribution in [1.82, 2.24) is 15.5 Å². The van der Waals surface area contributed by atoms with Gasteiger partial charge in [0.05, 0.1) is 10.5 Å². The third-order valence-electron chi connectivity index (χ3n) is 4.21. The number of hydrogen-bond donors (Lipinski definition) is 2. The maximum atomic E-state index is 12.1. The SMILES string of the molecule is CCN(CC)CCCC(C)NC(=NC)NCCS(=O)(=O)C(C)(C)C. The first-order chi connectivity index (χ1) is 11.1. The molecular formula is C17H38N4O2S. The highest BCUT2D eigenvalue weighted by Crippen LogP contribution is 2.15. The summed E-state index contributed by atoms with van der Waals surface area (Å²) in [6.07, 6.45) is 2.18. The van der Waals surface area contributed by atoms with E-state index in [1.807, 2.05) is 0 Å². The maximum Gasteiger partial charge on any atom is 0.191 e. The molecule has 0 amide bonds. The highest BCUT2D eigenvalue weighted by Gasteiger charge is 2.28. The average Bonchev–Trinajstić information content (AvgIpc) is 2.49. The molecule has 144 valence electrons. The predicted molar refractivity (Wildman–Crippen MR) is 105 cm³/mol. The average molecular weight is 363 g/mol. The molecule has 0 aromatic rings. The van der Waals surface area contributed by atoms with Gasteiger partial charge in [-0.05, 0) is 60.2 Å². The molecule has 0 fully saturated rings. The van der Waals surface area contributed by atoms with Gasteiger partial charge in [0.1, 0.15) is 0 Å². The van der Waals surface area contributed by atoms with E-state index in [9.17, 15) is 8.42 Å². The minimum Gasteiger partial charge on any atom is -0.355 e. The van der Waals surface area contributed by atoms with E-state index >= 15 is 0 Å². The van der Waals surface area contributed by atoms with Crippen molar-refractivity contribution >= 4 is 15.8 Å². The molecule has 0 heterocycles. The molecule has 24 heavy (non-hydrogen) atoms. The molecule has 1 atom stereocenters. The molecule has 0 aromatic heterocycles. The van der Waals surface area contributed by atoms with Crippen LogP contribution < -0.4 is 10.6 Å². The Labute approximate surface area is 149 Å². The summed E-state index contributed by atoms with van der Waals surface area (Å²) < 4.78 is 23.5. The van der Waals surface area contributed by atoms with Gasteiger partial charge < -0.3 is 15.5 Å². The van der Waals surface area contributed by atoms with E-state index in [-0.39, 0.29) is 5.75 Å². The second kappa shape index (κ2) is 10.9. The van der Waals surface area contributed by atoms with Crippen LogP contribution in [0.2, 0.25) is 0 Å². The third-order valence-corrected chi connectivity index (χ3v) is 6.82. The Morgan fingerprint density at radius 2 is 1.79 bits per heavy atom. The van der Waals surface area contributed by atoms with Crippen LogP contribution in [-0.4, -0.2) is 69.0 Å². The summed E-state index contributed by atoms with van der Waals surface area (Å²) in [7, 11) is -1.41. The van der Waals surface area contributed by atoms with E-state index in [0.29, 0.717) is 18.5 Å². The second-order valence-electron chi connectivity index (χ2n) is 7.14. The van der Waals surface area contributed by atoms with Crippen LogP contribution in [0.3, 0.4) is 0 Å². The number of rotatable bonds is 10. The Bertz CT molecular complexity index is 465. The normalized spacial score (nSPS) is 14.8. The minimum absolute atomic E-state index is 0.105. The summed E-state index contributed by atoms with van der Waals surface area (Å²) >= 11 is 0. The highest BCUT2D eigenvalue weighted by molar-refractivity contribution is 7.92. The summed E-state index contributed by atoms with van der Waals surface area (Å²) in [4.78, 5) is 6.59. The van der Waals surface area contributed by atoms with Gasteiger partial charge in [0.15, 0.2) is 15.8 Å². The van der Waals surface area contributed by atoms with Crippen LogP contribution in [0.15, 0.2) is 4.99 Å². The monoisotopic (exact) mass is 362 g/mol. The van der Waals surface area contributed by atoms with Crippen LogP contribution in [0.5, 0.6) is 0 Å². The van der Waals surface area contributed by atoms with E-state index < -0.39 is 14.6 Å². The van der Waals surface area contributed by atoms with E-state index in [2.05, 4.69) is 41.3 Å². The van der Waals surface area contributed by atoms with E-state index in [1.165, 1.54) is 0 Å². The van der Waals surface area contributed by atoms with Gasteiger partial charge in [0.2, 0.25) is 0 Å². The topological polar surface area (TPSA) is 73.8 Å². The first-order valence-electron chi connectivity index (χ1n) is 8.99. The van der Waals surface area contributed by atoms with Crippen LogP contribution >= 0.6 is 0 Å². The predicted octanol–water partition coefficient (Wildman–Crippen LogP) is 1.88. The molecule has 0 aliphatic rings. The Morgan fingerprint density at radius 3 is 2.25 bits per heavy atom. The summed E-state index contributed by atoms with van der Waals surface area (Å²) in [5.74, 6) is 0.766. The lowest BCUT2D eigenvalue weighted by Gasteiger charge is -2.22. The summed E-state index contributed by atoms with van der Waals surface area (Å²) in [6, 6.07) is 0.297. The maximum absolute atomic E-state index is 12.1. The smallest absolute Gasteiger partial charge is 0.191 e. The number of aliphatic imine (C=N–C) groups is 1. The fourth-order valence-corrected chi connectivity index (χ4v) is 3.25. The number of guanidine groups is 1. The number of nitrogens with zero attached hydrogens (tertiary/aromatic N) is 2. The molecule has 0 saturated carbocycles. The van der Waals surface area contributed by atoms with Gasteiger partial charge in [0, 0.05) is 19.6 Å². The van der Waals surface area contributed by atoms with E-state index in [4.69, 9.17) is 0 Å². The van der Waals surface area contributed by atoms with Gasteiger partial charge in [-0.1, -0.05) is 13.8 Å². The number of sulfone groups is 1. The molecule has 1 unspecified atom stereocenters. The molecule has 0 spiro atoms. The molecular weight excluding hydrogens is 324 g/mol.